The van der Waals surface area contributed by atoms with Crippen LogP contribution in [0.5, 0.6) is 11.5 Å². The van der Waals surface area contributed by atoms with Gasteiger partial charge in [-0.15, -0.1) is 0 Å². The second-order valence-corrected chi connectivity index (χ2v) is 8.23. The van der Waals surface area contributed by atoms with Gasteiger partial charge in [0.15, 0.2) is 11.5 Å². The molecule has 2 aliphatic rings. The number of anilines is 1. The van der Waals surface area contributed by atoms with Crippen LogP contribution in [-0.2, 0) is 14.8 Å². The van der Waals surface area contributed by atoms with E-state index in [9.17, 15) is 13.2 Å². The molecule has 1 N–H and O–H groups in total. The van der Waals surface area contributed by atoms with Gasteiger partial charge in [0, 0.05) is 18.9 Å². The molecular formula is C19H19NO6S. The number of benzene rings is 2. The highest BCUT2D eigenvalue weighted by molar-refractivity contribution is 7.92. The first-order valence-corrected chi connectivity index (χ1v) is 10.1. The lowest BCUT2D eigenvalue weighted by molar-refractivity contribution is -0.0716. The zero-order valence-corrected chi connectivity index (χ0v) is 15.5. The maximum atomic E-state index is 12.8. The third-order valence-electron chi connectivity index (χ3n) is 4.74. The minimum atomic E-state index is -3.99. The van der Waals surface area contributed by atoms with Crippen molar-refractivity contribution in [1.82, 2.24) is 0 Å². The van der Waals surface area contributed by atoms with Gasteiger partial charge in [0.1, 0.15) is 4.90 Å². The van der Waals surface area contributed by atoms with Gasteiger partial charge < -0.3 is 14.2 Å². The van der Waals surface area contributed by atoms with Crippen molar-refractivity contribution in [3.8, 4) is 11.5 Å². The van der Waals surface area contributed by atoms with Gasteiger partial charge in [0.2, 0.25) is 0 Å². The Labute approximate surface area is 157 Å². The molecule has 1 heterocycles. The third-order valence-corrected chi connectivity index (χ3v) is 6.17. The Morgan fingerprint density at radius 1 is 1.07 bits per heavy atom. The number of esters is 1. The maximum absolute atomic E-state index is 12.8. The molecule has 7 nitrogen and oxygen atoms in total. The topological polar surface area (TPSA) is 90.9 Å². The quantitative estimate of drug-likeness (QED) is 0.807. The summed E-state index contributed by atoms with van der Waals surface area (Å²) < 4.78 is 44.7. The molecule has 0 aromatic heterocycles. The van der Waals surface area contributed by atoms with Crippen LogP contribution in [0, 0.1) is 0 Å². The molecule has 2 aromatic carbocycles. The fourth-order valence-corrected chi connectivity index (χ4v) is 4.71. The first-order chi connectivity index (χ1) is 12.9. The minimum absolute atomic E-state index is 0.0295. The summed E-state index contributed by atoms with van der Waals surface area (Å²) in [5.41, 5.74) is 0.296. The summed E-state index contributed by atoms with van der Waals surface area (Å²) in [5, 5.41) is 0. The van der Waals surface area contributed by atoms with E-state index in [2.05, 4.69) is 9.46 Å². The third kappa shape index (κ3) is 3.21. The zero-order chi connectivity index (χ0) is 19.1. The predicted molar refractivity (Wildman–Crippen MR) is 97.5 cm³/mol. The van der Waals surface area contributed by atoms with Crippen molar-refractivity contribution in [2.45, 2.75) is 36.4 Å². The van der Waals surface area contributed by atoms with Crippen LogP contribution >= 0.6 is 0 Å². The Kier molecular flexibility index (Phi) is 4.22. The molecule has 1 fully saturated rings. The maximum Gasteiger partial charge on any atom is 0.339 e. The van der Waals surface area contributed by atoms with Crippen molar-refractivity contribution in [3.05, 3.63) is 48.0 Å². The molecule has 2 aromatic rings. The fourth-order valence-electron chi connectivity index (χ4n) is 3.46. The lowest BCUT2D eigenvalue weighted by Gasteiger charge is -2.21. The molecule has 0 saturated heterocycles. The lowest BCUT2D eigenvalue weighted by Crippen LogP contribution is -2.34. The number of carbonyl (C=O) groups is 1. The number of hydrogen-bond acceptors (Lipinski definition) is 6. The minimum Gasteiger partial charge on any atom is -0.465 e. The predicted octanol–water partition coefficient (Wildman–Crippen LogP) is 3.32. The van der Waals surface area contributed by atoms with E-state index in [4.69, 9.17) is 9.47 Å². The van der Waals surface area contributed by atoms with Crippen LogP contribution in [0.25, 0.3) is 0 Å². The molecule has 1 aliphatic heterocycles. The van der Waals surface area contributed by atoms with Crippen LogP contribution in [0.2, 0.25) is 0 Å². The summed E-state index contributed by atoms with van der Waals surface area (Å²) in [6.45, 7) is 0. The zero-order valence-electron chi connectivity index (χ0n) is 14.7. The van der Waals surface area contributed by atoms with Crippen molar-refractivity contribution in [2.24, 2.45) is 0 Å². The van der Waals surface area contributed by atoms with E-state index in [0.29, 0.717) is 17.2 Å². The van der Waals surface area contributed by atoms with Crippen LogP contribution in [0.3, 0.4) is 0 Å². The highest BCUT2D eigenvalue weighted by Gasteiger charge is 2.44. The summed E-state index contributed by atoms with van der Waals surface area (Å²) in [5.74, 6) is -0.213. The van der Waals surface area contributed by atoms with E-state index in [-0.39, 0.29) is 10.5 Å². The van der Waals surface area contributed by atoms with Gasteiger partial charge in [-0.1, -0.05) is 12.1 Å². The number of rotatable bonds is 4. The highest BCUT2D eigenvalue weighted by Crippen LogP contribution is 2.47. The van der Waals surface area contributed by atoms with E-state index in [1.807, 2.05) is 0 Å². The Morgan fingerprint density at radius 2 is 1.78 bits per heavy atom. The summed E-state index contributed by atoms with van der Waals surface area (Å²) >= 11 is 0. The number of fused-ring (bicyclic) bond motifs is 1. The summed E-state index contributed by atoms with van der Waals surface area (Å²) in [4.78, 5) is 11.7. The van der Waals surface area contributed by atoms with E-state index in [0.717, 1.165) is 25.7 Å². The highest BCUT2D eigenvalue weighted by atomic mass is 32.2. The van der Waals surface area contributed by atoms with E-state index < -0.39 is 21.8 Å². The normalized spacial score (nSPS) is 17.1. The Bertz CT molecular complexity index is 995. The number of methoxy groups -OCH3 is 1. The van der Waals surface area contributed by atoms with E-state index >= 15 is 0 Å². The summed E-state index contributed by atoms with van der Waals surface area (Å²) in [6, 6.07) is 10.8. The van der Waals surface area contributed by atoms with Crippen LogP contribution in [-0.4, -0.2) is 27.3 Å². The van der Waals surface area contributed by atoms with Crippen molar-refractivity contribution < 1.29 is 27.4 Å². The lowest BCUT2D eigenvalue weighted by atomic mass is 10.2. The Hall–Kier alpha value is -2.74. The van der Waals surface area contributed by atoms with Crippen molar-refractivity contribution in [1.29, 1.82) is 0 Å². The first-order valence-electron chi connectivity index (χ1n) is 8.65. The summed E-state index contributed by atoms with van der Waals surface area (Å²) in [6.07, 6.45) is 3.71. The van der Waals surface area contributed by atoms with Gasteiger partial charge in [-0.05, 0) is 37.1 Å². The molecule has 0 amide bonds. The Balaban J connectivity index is 1.61. The van der Waals surface area contributed by atoms with Gasteiger partial charge >= 0.3 is 5.97 Å². The number of ether oxygens (including phenoxy) is 3. The second kappa shape index (κ2) is 6.45. The smallest absolute Gasteiger partial charge is 0.339 e. The molecule has 0 atom stereocenters. The average molecular weight is 389 g/mol. The molecule has 8 heteroatoms. The van der Waals surface area contributed by atoms with Crippen LogP contribution in [0.1, 0.15) is 36.0 Å². The summed E-state index contributed by atoms with van der Waals surface area (Å²) in [7, 11) is -2.79. The van der Waals surface area contributed by atoms with Crippen LogP contribution < -0.4 is 14.2 Å². The van der Waals surface area contributed by atoms with Gasteiger partial charge in [-0.2, -0.15) is 0 Å². The van der Waals surface area contributed by atoms with Gasteiger partial charge in [-0.3, -0.25) is 4.72 Å². The number of hydrogen-bond donors (Lipinski definition) is 1. The van der Waals surface area contributed by atoms with Crippen molar-refractivity contribution in [2.75, 3.05) is 11.8 Å². The van der Waals surface area contributed by atoms with Crippen LogP contribution in [0.15, 0.2) is 47.4 Å². The first kappa shape index (κ1) is 17.7. The van der Waals surface area contributed by atoms with E-state index in [1.165, 1.54) is 19.2 Å². The monoisotopic (exact) mass is 389 g/mol. The molecule has 4 rings (SSSR count). The second-order valence-electron chi connectivity index (χ2n) is 6.58. The van der Waals surface area contributed by atoms with Gasteiger partial charge in [0.25, 0.3) is 15.8 Å². The van der Waals surface area contributed by atoms with Crippen molar-refractivity contribution >= 4 is 21.7 Å². The number of nitrogens with one attached hydrogen (secondary N) is 1. The molecule has 27 heavy (non-hydrogen) atoms. The molecule has 1 spiro atoms. The largest absolute Gasteiger partial charge is 0.465 e. The standard InChI is InChI=1S/C19H19NO6S/c1-24-18(21)14-6-2-3-7-17(14)27(22,23)20-13-8-9-15-16(12-13)26-19(25-15)10-4-5-11-19/h2-3,6-9,12,20H,4-5,10-11H2,1H3. The molecule has 0 bridgehead atoms. The molecule has 142 valence electrons. The fraction of sp³-hybridized carbons (Fsp3) is 0.316. The average Bonchev–Trinajstić information content (AvgIpc) is 3.26. The molecule has 1 aliphatic carbocycles. The van der Waals surface area contributed by atoms with Gasteiger partial charge in [-0.25, -0.2) is 13.2 Å². The Morgan fingerprint density at radius 3 is 2.52 bits per heavy atom. The van der Waals surface area contributed by atoms with Crippen molar-refractivity contribution in [3.63, 3.8) is 0 Å². The number of sulfonamides is 1. The van der Waals surface area contributed by atoms with Gasteiger partial charge in [0.05, 0.1) is 18.4 Å². The van der Waals surface area contributed by atoms with E-state index in [1.54, 1.807) is 30.3 Å². The molecule has 0 unspecified atom stereocenters. The molecule has 0 radical (unpaired) electrons. The van der Waals surface area contributed by atoms with Crippen LogP contribution in [0.4, 0.5) is 5.69 Å². The molecule has 1 saturated carbocycles. The number of carbonyl (C=O) groups excluding carboxylic acids is 1. The molecular weight excluding hydrogens is 370 g/mol. The SMILES string of the molecule is COC(=O)c1ccccc1S(=O)(=O)Nc1ccc2c(c1)OC1(CCCC1)O2.